The molecule has 40 heavy (non-hydrogen) atoms. The molecule has 0 radical (unpaired) electrons. The number of nitrogens with zero attached hydrogens (tertiary/aromatic N) is 4. The van der Waals surface area contributed by atoms with Crippen LogP contribution >= 0.6 is 0 Å². The highest BCUT2D eigenvalue weighted by Crippen LogP contribution is 2.26. The van der Waals surface area contributed by atoms with Crippen LogP contribution < -0.4 is 11.1 Å². The van der Waals surface area contributed by atoms with Crippen LogP contribution in [0.2, 0.25) is 0 Å². The Balaban J connectivity index is 1.53. The monoisotopic (exact) mass is 518 g/mol. The minimum atomic E-state index is -0.186. The zero-order valence-electron chi connectivity index (χ0n) is 21.3. The Kier molecular flexibility index (Phi) is 5.64. The molecule has 0 amide bonds. The minimum absolute atomic E-state index is 0.186. The Hall–Kier alpha value is -5.62. The van der Waals surface area contributed by atoms with Gasteiger partial charge in [-0.05, 0) is 42.5 Å². The van der Waals surface area contributed by atoms with Crippen molar-refractivity contribution in [2.75, 3.05) is 0 Å². The van der Waals surface area contributed by atoms with Gasteiger partial charge in [-0.15, -0.1) is 0 Å². The van der Waals surface area contributed by atoms with E-state index < -0.39 is 0 Å². The van der Waals surface area contributed by atoms with E-state index in [9.17, 15) is 9.59 Å². The lowest BCUT2D eigenvalue weighted by Gasteiger charge is -2.17. The van der Waals surface area contributed by atoms with Gasteiger partial charge < -0.3 is 0 Å². The van der Waals surface area contributed by atoms with Gasteiger partial charge in [-0.2, -0.15) is 0 Å². The van der Waals surface area contributed by atoms with Gasteiger partial charge in [0.2, 0.25) is 0 Å². The summed E-state index contributed by atoms with van der Waals surface area (Å²) in [4.78, 5) is 37.7. The maximum absolute atomic E-state index is 13.9. The molecule has 190 valence electrons. The molecule has 0 N–H and O–H groups in total. The molecular weight excluding hydrogens is 496 g/mol. The van der Waals surface area contributed by atoms with Gasteiger partial charge in [0.05, 0.1) is 33.2 Å². The third-order valence-corrected chi connectivity index (χ3v) is 6.96. The first-order valence-electron chi connectivity index (χ1n) is 12.9. The number of para-hydroxylation sites is 2. The zero-order valence-corrected chi connectivity index (χ0v) is 21.3. The van der Waals surface area contributed by atoms with Gasteiger partial charge >= 0.3 is 0 Å². The van der Waals surface area contributed by atoms with E-state index in [1.165, 1.54) is 0 Å². The van der Waals surface area contributed by atoms with E-state index in [4.69, 9.17) is 9.97 Å². The molecule has 6 heteroatoms. The van der Waals surface area contributed by atoms with Gasteiger partial charge in [-0.1, -0.05) is 91.0 Å². The highest BCUT2D eigenvalue weighted by Gasteiger charge is 2.18. The van der Waals surface area contributed by atoms with Gasteiger partial charge in [0, 0.05) is 11.1 Å². The molecule has 0 bridgehead atoms. The van der Waals surface area contributed by atoms with Gasteiger partial charge in [0.25, 0.3) is 11.1 Å². The van der Waals surface area contributed by atoms with Crippen molar-refractivity contribution in [2.24, 2.45) is 0 Å². The van der Waals surface area contributed by atoms with Crippen LogP contribution in [0.4, 0.5) is 0 Å². The van der Waals surface area contributed by atoms with E-state index in [1.807, 2.05) is 121 Å². The number of hydrogen-bond donors (Lipinski definition) is 0. The summed E-state index contributed by atoms with van der Waals surface area (Å²) >= 11 is 0. The summed E-state index contributed by atoms with van der Waals surface area (Å²) in [5.74, 6) is 1.04. The minimum Gasteiger partial charge on any atom is -0.268 e. The average molecular weight is 519 g/mol. The Morgan fingerprint density at radius 1 is 0.425 bits per heavy atom. The molecule has 2 aromatic heterocycles. The standard InChI is InChI=1S/C34H22N4O2/c39-33-27-18-7-9-20-29(27)35-31(23-12-3-1-4-13-23)37(33)25-16-11-17-26(22-25)38-32(24-14-5-2-6-15-24)36-30-21-10-8-19-28(30)34(38)40/h1-22H. The molecular formula is C34H22N4O2. The molecule has 0 aliphatic carbocycles. The van der Waals surface area contributed by atoms with Crippen molar-refractivity contribution in [1.82, 2.24) is 19.1 Å². The van der Waals surface area contributed by atoms with Crippen molar-refractivity contribution in [1.29, 1.82) is 0 Å². The third-order valence-electron chi connectivity index (χ3n) is 6.96. The smallest absolute Gasteiger partial charge is 0.266 e. The second-order valence-electron chi connectivity index (χ2n) is 9.44. The molecule has 7 aromatic rings. The van der Waals surface area contributed by atoms with Crippen LogP contribution in [0.1, 0.15) is 0 Å². The number of fused-ring (bicyclic) bond motifs is 2. The Morgan fingerprint density at radius 2 is 0.825 bits per heavy atom. The van der Waals surface area contributed by atoms with E-state index in [-0.39, 0.29) is 11.1 Å². The van der Waals surface area contributed by atoms with Crippen LogP contribution in [0.5, 0.6) is 0 Å². The molecule has 0 unspecified atom stereocenters. The summed E-state index contributed by atoms with van der Waals surface area (Å²) < 4.78 is 3.23. The summed E-state index contributed by atoms with van der Waals surface area (Å²) in [5, 5.41) is 1.03. The van der Waals surface area contributed by atoms with Crippen LogP contribution in [0.25, 0.3) is 56.0 Å². The molecule has 0 saturated heterocycles. The third kappa shape index (κ3) is 3.90. The number of benzene rings is 5. The normalized spacial score (nSPS) is 11.2. The first kappa shape index (κ1) is 23.5. The van der Waals surface area contributed by atoms with Crippen LogP contribution in [0.3, 0.4) is 0 Å². The molecule has 2 heterocycles. The highest BCUT2D eigenvalue weighted by molar-refractivity contribution is 5.82. The van der Waals surface area contributed by atoms with Crippen molar-refractivity contribution < 1.29 is 0 Å². The average Bonchev–Trinajstić information content (AvgIpc) is 3.02. The molecule has 0 saturated carbocycles. The van der Waals surface area contributed by atoms with Crippen LogP contribution in [0.15, 0.2) is 143 Å². The number of rotatable bonds is 4. The molecule has 5 aromatic carbocycles. The Bertz CT molecular complexity index is 2000. The quantitative estimate of drug-likeness (QED) is 0.270. The second-order valence-corrected chi connectivity index (χ2v) is 9.44. The van der Waals surface area contributed by atoms with Gasteiger partial charge in [0.15, 0.2) is 0 Å². The fourth-order valence-corrected chi connectivity index (χ4v) is 5.08. The first-order chi connectivity index (χ1) is 19.7. The van der Waals surface area contributed by atoms with Crippen molar-refractivity contribution in [3.05, 3.63) is 154 Å². The lowest BCUT2D eigenvalue weighted by Crippen LogP contribution is -2.24. The van der Waals surface area contributed by atoms with Crippen LogP contribution in [0, 0.1) is 0 Å². The molecule has 7 rings (SSSR count). The predicted molar refractivity (Wildman–Crippen MR) is 159 cm³/mol. The molecule has 0 aliphatic heterocycles. The lowest BCUT2D eigenvalue weighted by molar-refractivity contribution is 0.948. The highest BCUT2D eigenvalue weighted by atomic mass is 16.1. The Labute approximate surface area is 229 Å². The van der Waals surface area contributed by atoms with Gasteiger partial charge in [-0.25, -0.2) is 9.97 Å². The molecule has 0 aliphatic rings. The topological polar surface area (TPSA) is 69.8 Å². The fourth-order valence-electron chi connectivity index (χ4n) is 5.08. The maximum Gasteiger partial charge on any atom is 0.266 e. The van der Waals surface area contributed by atoms with Crippen molar-refractivity contribution in [2.45, 2.75) is 0 Å². The van der Waals surface area contributed by atoms with Gasteiger partial charge in [-0.3, -0.25) is 18.7 Å². The zero-order chi connectivity index (χ0) is 27.1. The lowest BCUT2D eigenvalue weighted by atomic mass is 10.1. The summed E-state index contributed by atoms with van der Waals surface area (Å²) in [6.45, 7) is 0. The van der Waals surface area contributed by atoms with E-state index in [1.54, 1.807) is 21.3 Å². The molecule has 6 nitrogen and oxygen atoms in total. The van der Waals surface area contributed by atoms with E-state index in [0.29, 0.717) is 44.8 Å². The van der Waals surface area contributed by atoms with E-state index >= 15 is 0 Å². The molecule has 0 atom stereocenters. The maximum atomic E-state index is 13.9. The fraction of sp³-hybridized carbons (Fsp3) is 0. The summed E-state index contributed by atoms with van der Waals surface area (Å²) in [5.41, 5.74) is 3.69. The van der Waals surface area contributed by atoms with Crippen molar-refractivity contribution >= 4 is 21.8 Å². The molecule has 0 fully saturated rings. The van der Waals surface area contributed by atoms with Crippen LogP contribution in [-0.4, -0.2) is 19.1 Å². The SMILES string of the molecule is O=c1c2ccccc2nc(-c2ccccc2)n1-c1cccc(-n2c(-c3ccccc3)nc3ccccc3c2=O)c1. The number of aromatic nitrogens is 4. The first-order valence-corrected chi connectivity index (χ1v) is 12.9. The van der Waals surface area contributed by atoms with E-state index in [2.05, 4.69) is 0 Å². The summed E-state index contributed by atoms with van der Waals surface area (Å²) in [6.07, 6.45) is 0. The van der Waals surface area contributed by atoms with Crippen molar-refractivity contribution in [3.63, 3.8) is 0 Å². The van der Waals surface area contributed by atoms with Crippen LogP contribution in [-0.2, 0) is 0 Å². The molecule has 0 spiro atoms. The van der Waals surface area contributed by atoms with E-state index in [0.717, 1.165) is 11.1 Å². The largest absolute Gasteiger partial charge is 0.268 e. The second kappa shape index (κ2) is 9.60. The van der Waals surface area contributed by atoms with Crippen molar-refractivity contribution in [3.8, 4) is 34.2 Å². The Morgan fingerprint density at radius 3 is 1.27 bits per heavy atom. The predicted octanol–water partition coefficient (Wildman–Crippen LogP) is 6.42. The summed E-state index contributed by atoms with van der Waals surface area (Å²) in [6, 6.07) is 41.3. The summed E-state index contributed by atoms with van der Waals surface area (Å²) in [7, 11) is 0. The van der Waals surface area contributed by atoms with Gasteiger partial charge in [0.1, 0.15) is 11.6 Å². The number of hydrogen-bond acceptors (Lipinski definition) is 4.